The SMILES string of the molecule is Cc1[nH]c2ccccc2c1-c1csc(NC(=O)C2=CC=CN3CCS(=O)(=O)N=C23)n1. The van der Waals surface area contributed by atoms with Crippen LogP contribution in [0.15, 0.2) is 58.0 Å². The van der Waals surface area contributed by atoms with Gasteiger partial charge in [0.1, 0.15) is 0 Å². The largest absolute Gasteiger partial charge is 0.358 e. The number of sulfonamides is 1. The predicted octanol–water partition coefficient (Wildman–Crippen LogP) is 3.04. The maximum absolute atomic E-state index is 12.9. The van der Waals surface area contributed by atoms with Crippen molar-refractivity contribution in [3.63, 3.8) is 0 Å². The van der Waals surface area contributed by atoms with Crippen molar-refractivity contribution in [3.05, 3.63) is 59.3 Å². The summed E-state index contributed by atoms with van der Waals surface area (Å²) in [6, 6.07) is 7.98. The van der Waals surface area contributed by atoms with E-state index in [2.05, 4.69) is 19.7 Å². The van der Waals surface area contributed by atoms with Gasteiger partial charge in [0.25, 0.3) is 15.9 Å². The Labute approximate surface area is 176 Å². The molecule has 0 aliphatic carbocycles. The molecule has 0 fully saturated rings. The quantitative estimate of drug-likeness (QED) is 0.652. The minimum absolute atomic E-state index is 0.0739. The third kappa shape index (κ3) is 3.23. The lowest BCUT2D eigenvalue weighted by atomic mass is 10.1. The molecule has 0 atom stereocenters. The van der Waals surface area contributed by atoms with Crippen LogP contribution in [0.3, 0.4) is 0 Å². The van der Waals surface area contributed by atoms with Gasteiger partial charge in [-0.05, 0) is 25.1 Å². The number of carbonyl (C=O) groups is 1. The first-order valence-electron chi connectivity index (χ1n) is 9.24. The Kier molecular flexibility index (Phi) is 4.33. The van der Waals surface area contributed by atoms with Gasteiger partial charge in [0.15, 0.2) is 11.0 Å². The van der Waals surface area contributed by atoms with Gasteiger partial charge in [-0.15, -0.1) is 15.7 Å². The Hall–Kier alpha value is -3.24. The standard InChI is InChI=1S/C20H17N5O3S2/c1-12-17(13-5-2-3-7-15(13)21-12)16-11-29-20(22-16)23-19(26)14-6-4-8-25-9-10-30(27,28)24-18(14)25/h2-8,11,21H,9-10H2,1H3,(H,22,23,26). The molecule has 0 radical (unpaired) electrons. The molecular weight excluding hydrogens is 422 g/mol. The van der Waals surface area contributed by atoms with Crippen molar-refractivity contribution in [2.24, 2.45) is 4.40 Å². The summed E-state index contributed by atoms with van der Waals surface area (Å²) in [7, 11) is -3.57. The number of para-hydroxylation sites is 1. The molecule has 5 rings (SSSR count). The first-order valence-corrected chi connectivity index (χ1v) is 11.7. The summed E-state index contributed by atoms with van der Waals surface area (Å²) in [5, 5.41) is 6.16. The zero-order valence-corrected chi connectivity index (χ0v) is 17.5. The Morgan fingerprint density at radius 1 is 1.30 bits per heavy atom. The molecule has 0 unspecified atom stereocenters. The number of carbonyl (C=O) groups excluding carboxylic acids is 1. The molecule has 0 bridgehead atoms. The topological polar surface area (TPSA) is 108 Å². The van der Waals surface area contributed by atoms with Crippen LogP contribution in [0, 0.1) is 6.92 Å². The molecule has 2 N–H and O–H groups in total. The number of anilines is 1. The van der Waals surface area contributed by atoms with E-state index in [-0.39, 0.29) is 23.7 Å². The zero-order valence-electron chi connectivity index (χ0n) is 15.9. The van der Waals surface area contributed by atoms with E-state index in [1.54, 1.807) is 23.3 Å². The number of aromatic nitrogens is 2. The number of thiazole rings is 1. The summed E-state index contributed by atoms with van der Waals surface area (Å²) in [5.74, 6) is -0.377. The molecule has 1 aromatic carbocycles. The fourth-order valence-corrected chi connectivity index (χ4v) is 5.29. The van der Waals surface area contributed by atoms with E-state index < -0.39 is 15.9 Å². The maximum atomic E-state index is 12.9. The van der Waals surface area contributed by atoms with E-state index in [4.69, 9.17) is 0 Å². The zero-order chi connectivity index (χ0) is 20.9. The Balaban J connectivity index is 1.44. The number of aromatic amines is 1. The number of H-pyrrole nitrogens is 1. The van der Waals surface area contributed by atoms with Crippen molar-refractivity contribution >= 4 is 49.1 Å². The molecule has 2 aliphatic rings. The molecule has 152 valence electrons. The number of aryl methyl sites for hydroxylation is 1. The van der Waals surface area contributed by atoms with Gasteiger partial charge in [0.05, 0.1) is 17.0 Å². The average Bonchev–Trinajstić information content (AvgIpc) is 3.29. The number of amidine groups is 1. The predicted molar refractivity (Wildman–Crippen MR) is 118 cm³/mol. The Morgan fingerprint density at radius 3 is 3.00 bits per heavy atom. The van der Waals surface area contributed by atoms with Crippen LogP contribution in [0.2, 0.25) is 0 Å². The highest BCUT2D eigenvalue weighted by molar-refractivity contribution is 7.90. The molecule has 8 nitrogen and oxygen atoms in total. The van der Waals surface area contributed by atoms with Gasteiger partial charge < -0.3 is 9.88 Å². The molecule has 3 aromatic rings. The van der Waals surface area contributed by atoms with E-state index in [0.29, 0.717) is 5.13 Å². The van der Waals surface area contributed by atoms with E-state index >= 15 is 0 Å². The highest BCUT2D eigenvalue weighted by Crippen LogP contribution is 2.34. The lowest BCUT2D eigenvalue weighted by molar-refractivity contribution is -0.112. The smallest absolute Gasteiger partial charge is 0.261 e. The second-order valence-electron chi connectivity index (χ2n) is 6.98. The lowest BCUT2D eigenvalue weighted by Crippen LogP contribution is -2.40. The van der Waals surface area contributed by atoms with Crippen LogP contribution in [-0.4, -0.2) is 47.3 Å². The maximum Gasteiger partial charge on any atom is 0.261 e. The molecule has 0 saturated carbocycles. The van der Waals surface area contributed by atoms with Crippen molar-refractivity contribution in [3.8, 4) is 11.3 Å². The molecule has 4 heterocycles. The third-order valence-corrected chi connectivity index (χ3v) is 6.88. The van der Waals surface area contributed by atoms with Gasteiger partial charge >= 0.3 is 0 Å². The second-order valence-corrected chi connectivity index (χ2v) is 9.59. The molecule has 2 aromatic heterocycles. The summed E-state index contributed by atoms with van der Waals surface area (Å²) in [4.78, 5) is 22.4. The van der Waals surface area contributed by atoms with Crippen LogP contribution < -0.4 is 5.32 Å². The number of rotatable bonds is 3. The minimum atomic E-state index is -3.57. The van der Waals surface area contributed by atoms with Gasteiger partial charge in [-0.1, -0.05) is 18.2 Å². The van der Waals surface area contributed by atoms with Crippen LogP contribution in [0.1, 0.15) is 5.69 Å². The van der Waals surface area contributed by atoms with Crippen LogP contribution in [0.25, 0.3) is 22.2 Å². The fourth-order valence-electron chi connectivity index (χ4n) is 3.61. The second kappa shape index (κ2) is 6.92. The van der Waals surface area contributed by atoms with Crippen molar-refractivity contribution in [1.29, 1.82) is 0 Å². The summed E-state index contributed by atoms with van der Waals surface area (Å²) in [6.45, 7) is 2.26. The Morgan fingerprint density at radius 2 is 2.13 bits per heavy atom. The number of hydrogen-bond acceptors (Lipinski definition) is 6. The third-order valence-electron chi connectivity index (χ3n) is 4.98. The molecule has 0 saturated heterocycles. The van der Waals surface area contributed by atoms with Crippen LogP contribution in [0.5, 0.6) is 0 Å². The summed E-state index contributed by atoms with van der Waals surface area (Å²) >= 11 is 1.31. The molecule has 30 heavy (non-hydrogen) atoms. The molecule has 2 aliphatic heterocycles. The van der Waals surface area contributed by atoms with Gasteiger partial charge in [-0.2, -0.15) is 0 Å². The van der Waals surface area contributed by atoms with Crippen LogP contribution in [-0.2, 0) is 14.8 Å². The van der Waals surface area contributed by atoms with Crippen molar-refractivity contribution in [2.45, 2.75) is 6.92 Å². The van der Waals surface area contributed by atoms with E-state index in [9.17, 15) is 13.2 Å². The van der Waals surface area contributed by atoms with Crippen LogP contribution in [0.4, 0.5) is 5.13 Å². The first kappa shape index (κ1) is 18.8. The average molecular weight is 440 g/mol. The van der Waals surface area contributed by atoms with E-state index in [0.717, 1.165) is 27.9 Å². The Bertz CT molecular complexity index is 1380. The summed E-state index contributed by atoms with van der Waals surface area (Å²) in [6.07, 6.45) is 4.98. The van der Waals surface area contributed by atoms with Gasteiger partial charge in [-0.25, -0.2) is 13.4 Å². The normalized spacial score (nSPS) is 17.4. The number of amides is 1. The first-order chi connectivity index (χ1) is 14.4. The van der Waals surface area contributed by atoms with Gasteiger partial charge in [0, 0.05) is 40.3 Å². The summed E-state index contributed by atoms with van der Waals surface area (Å²) < 4.78 is 27.6. The number of hydrogen-bond donors (Lipinski definition) is 2. The number of nitrogens with zero attached hydrogens (tertiary/aromatic N) is 3. The van der Waals surface area contributed by atoms with E-state index in [1.165, 1.54) is 11.3 Å². The van der Waals surface area contributed by atoms with Gasteiger partial charge in [-0.3, -0.25) is 10.1 Å². The van der Waals surface area contributed by atoms with Crippen molar-refractivity contribution < 1.29 is 13.2 Å². The number of fused-ring (bicyclic) bond motifs is 2. The van der Waals surface area contributed by atoms with E-state index in [1.807, 2.05) is 36.6 Å². The number of allylic oxidation sites excluding steroid dienone is 2. The lowest BCUT2D eigenvalue weighted by Gasteiger charge is -2.28. The highest BCUT2D eigenvalue weighted by atomic mass is 32.2. The van der Waals surface area contributed by atoms with Crippen molar-refractivity contribution in [1.82, 2.24) is 14.9 Å². The van der Waals surface area contributed by atoms with Crippen molar-refractivity contribution in [2.75, 3.05) is 17.6 Å². The fraction of sp³-hybridized carbons (Fsp3) is 0.150. The summed E-state index contributed by atoms with van der Waals surface area (Å²) in [5.41, 5.74) is 3.98. The number of benzene rings is 1. The monoisotopic (exact) mass is 439 g/mol. The highest BCUT2D eigenvalue weighted by Gasteiger charge is 2.30. The number of nitrogens with one attached hydrogen (secondary N) is 2. The minimum Gasteiger partial charge on any atom is -0.358 e. The molecule has 10 heteroatoms. The molecular formula is C20H17N5O3S2. The van der Waals surface area contributed by atoms with Gasteiger partial charge in [0.2, 0.25) is 0 Å². The van der Waals surface area contributed by atoms with Crippen LogP contribution >= 0.6 is 11.3 Å². The molecule has 1 amide bonds. The molecule has 0 spiro atoms.